The number of amides is 1. The van der Waals surface area contributed by atoms with Gasteiger partial charge in [-0.3, -0.25) is 4.79 Å². The maximum atomic E-state index is 12.2. The molecule has 2 rings (SSSR count). The van der Waals surface area contributed by atoms with E-state index in [9.17, 15) is 9.90 Å². The van der Waals surface area contributed by atoms with Gasteiger partial charge in [0.25, 0.3) is 5.91 Å². The summed E-state index contributed by atoms with van der Waals surface area (Å²) >= 11 is 0. The molecular formula is C13H16BNO3. The number of carbonyl (C=O) groups is 1. The summed E-state index contributed by atoms with van der Waals surface area (Å²) in [6, 6.07) is 5.03. The van der Waals surface area contributed by atoms with Crippen LogP contribution in [-0.2, 0) is 0 Å². The predicted molar refractivity (Wildman–Crippen MR) is 69.5 cm³/mol. The quantitative estimate of drug-likeness (QED) is 0.751. The Morgan fingerprint density at radius 3 is 2.72 bits per heavy atom. The zero-order chi connectivity index (χ0) is 13.1. The highest BCUT2D eigenvalue weighted by atomic mass is 16.5. The van der Waals surface area contributed by atoms with E-state index in [2.05, 4.69) is 0 Å². The summed E-state index contributed by atoms with van der Waals surface area (Å²) in [5.41, 5.74) is 1.08. The molecule has 1 N–H and O–H groups in total. The van der Waals surface area contributed by atoms with Crippen molar-refractivity contribution in [2.45, 2.75) is 18.9 Å². The number of rotatable bonds is 2. The second-order valence-corrected chi connectivity index (χ2v) is 4.48. The van der Waals surface area contributed by atoms with Crippen molar-refractivity contribution in [3.8, 4) is 5.75 Å². The van der Waals surface area contributed by atoms with Crippen molar-refractivity contribution in [1.29, 1.82) is 0 Å². The van der Waals surface area contributed by atoms with Crippen LogP contribution >= 0.6 is 0 Å². The van der Waals surface area contributed by atoms with Gasteiger partial charge in [0.05, 0.1) is 13.2 Å². The normalized spacial score (nSPS) is 16.7. The highest BCUT2D eigenvalue weighted by molar-refractivity contribution is 6.34. The van der Waals surface area contributed by atoms with Gasteiger partial charge >= 0.3 is 0 Å². The topological polar surface area (TPSA) is 49.8 Å². The molecule has 0 aliphatic carbocycles. The van der Waals surface area contributed by atoms with Gasteiger partial charge in [0.1, 0.15) is 13.6 Å². The number of hydrogen-bond donors (Lipinski definition) is 1. The summed E-state index contributed by atoms with van der Waals surface area (Å²) in [5.74, 6) is 0.470. The van der Waals surface area contributed by atoms with Gasteiger partial charge in [-0.05, 0) is 25.0 Å². The third kappa shape index (κ3) is 2.67. The Morgan fingerprint density at radius 1 is 1.44 bits per heavy atom. The SMILES string of the molecule is [B]c1ccc(C(=O)N2CCC(O)CC2)cc1OC. The van der Waals surface area contributed by atoms with Crippen LogP contribution in [0, 0.1) is 0 Å². The third-order valence-corrected chi connectivity index (χ3v) is 3.23. The van der Waals surface area contributed by atoms with Crippen LogP contribution in [0.1, 0.15) is 23.2 Å². The molecular weight excluding hydrogens is 229 g/mol. The molecule has 1 heterocycles. The van der Waals surface area contributed by atoms with Crippen LogP contribution in [0.3, 0.4) is 0 Å². The van der Waals surface area contributed by atoms with E-state index in [-0.39, 0.29) is 12.0 Å². The summed E-state index contributed by atoms with van der Waals surface area (Å²) in [5, 5.41) is 9.42. The first-order valence-corrected chi connectivity index (χ1v) is 6.02. The Balaban J connectivity index is 2.13. The number of aliphatic hydroxyl groups excluding tert-OH is 1. The van der Waals surface area contributed by atoms with Gasteiger partial charge in [0, 0.05) is 18.7 Å². The molecule has 0 saturated carbocycles. The van der Waals surface area contributed by atoms with Gasteiger partial charge in [-0.25, -0.2) is 0 Å². The van der Waals surface area contributed by atoms with E-state index in [0.717, 1.165) is 0 Å². The average Bonchev–Trinajstić information content (AvgIpc) is 2.39. The number of methoxy groups -OCH3 is 1. The van der Waals surface area contributed by atoms with Crippen molar-refractivity contribution in [2.75, 3.05) is 20.2 Å². The lowest BCUT2D eigenvalue weighted by Crippen LogP contribution is -2.40. The van der Waals surface area contributed by atoms with Crippen LogP contribution in [-0.4, -0.2) is 50.1 Å². The van der Waals surface area contributed by atoms with Crippen molar-refractivity contribution in [3.63, 3.8) is 0 Å². The first kappa shape index (κ1) is 13.0. The Hall–Kier alpha value is -1.49. The second-order valence-electron chi connectivity index (χ2n) is 4.48. The van der Waals surface area contributed by atoms with Crippen LogP contribution in [0.4, 0.5) is 0 Å². The highest BCUT2D eigenvalue weighted by Crippen LogP contribution is 2.16. The van der Waals surface area contributed by atoms with Crippen LogP contribution in [0.5, 0.6) is 5.75 Å². The summed E-state index contributed by atoms with van der Waals surface area (Å²) < 4.78 is 5.10. The van der Waals surface area contributed by atoms with E-state index in [0.29, 0.717) is 42.7 Å². The molecule has 0 unspecified atom stereocenters. The molecule has 1 aliphatic rings. The van der Waals surface area contributed by atoms with Crippen molar-refractivity contribution in [1.82, 2.24) is 4.90 Å². The Bertz CT molecular complexity index is 442. The molecule has 1 aromatic rings. The second kappa shape index (κ2) is 5.44. The number of nitrogens with zero attached hydrogens (tertiary/aromatic N) is 1. The molecule has 5 heteroatoms. The number of hydrogen-bond acceptors (Lipinski definition) is 3. The lowest BCUT2D eigenvalue weighted by atomic mass is 9.93. The van der Waals surface area contributed by atoms with Crippen LogP contribution < -0.4 is 10.2 Å². The largest absolute Gasteiger partial charge is 0.497 e. The minimum absolute atomic E-state index is 0.0415. The molecule has 1 fully saturated rings. The van der Waals surface area contributed by atoms with Crippen LogP contribution in [0.15, 0.2) is 18.2 Å². The van der Waals surface area contributed by atoms with Gasteiger partial charge in [0.2, 0.25) is 0 Å². The lowest BCUT2D eigenvalue weighted by molar-refractivity contribution is 0.0546. The standard InChI is InChI=1S/C13H16BNO3/c1-18-12-8-9(2-3-11(12)14)13(17)15-6-4-10(16)5-7-15/h2-3,8,10,16H,4-7H2,1H3. The molecule has 94 valence electrons. The number of carbonyl (C=O) groups excluding carboxylic acids is 1. The number of likely N-dealkylation sites (tertiary alicyclic amines) is 1. The maximum absolute atomic E-state index is 12.2. The van der Waals surface area contributed by atoms with Crippen LogP contribution in [0.2, 0.25) is 0 Å². The monoisotopic (exact) mass is 245 g/mol. The minimum Gasteiger partial charge on any atom is -0.497 e. The maximum Gasteiger partial charge on any atom is 0.253 e. The zero-order valence-corrected chi connectivity index (χ0v) is 10.4. The van der Waals surface area contributed by atoms with E-state index in [1.807, 2.05) is 0 Å². The van der Waals surface area contributed by atoms with E-state index >= 15 is 0 Å². The van der Waals surface area contributed by atoms with E-state index in [4.69, 9.17) is 12.6 Å². The first-order chi connectivity index (χ1) is 8.61. The number of benzene rings is 1. The van der Waals surface area contributed by atoms with Crippen molar-refractivity contribution >= 4 is 19.2 Å². The fourth-order valence-corrected chi connectivity index (χ4v) is 2.10. The van der Waals surface area contributed by atoms with Crippen molar-refractivity contribution < 1.29 is 14.6 Å². The summed E-state index contributed by atoms with van der Waals surface area (Å²) in [6.07, 6.45) is 0.991. The van der Waals surface area contributed by atoms with Crippen molar-refractivity contribution in [2.24, 2.45) is 0 Å². The number of aliphatic hydroxyl groups is 1. The summed E-state index contributed by atoms with van der Waals surface area (Å²) in [4.78, 5) is 14.0. The fraction of sp³-hybridized carbons (Fsp3) is 0.462. The lowest BCUT2D eigenvalue weighted by Gasteiger charge is -2.29. The molecule has 2 radical (unpaired) electrons. The predicted octanol–water partition coefficient (Wildman–Crippen LogP) is 0.0859. The highest BCUT2D eigenvalue weighted by Gasteiger charge is 2.22. The van der Waals surface area contributed by atoms with Crippen molar-refractivity contribution in [3.05, 3.63) is 23.8 Å². The third-order valence-electron chi connectivity index (χ3n) is 3.23. The van der Waals surface area contributed by atoms with E-state index in [1.54, 1.807) is 23.1 Å². The van der Waals surface area contributed by atoms with E-state index in [1.165, 1.54) is 7.11 Å². The Labute approximate surface area is 108 Å². The number of ether oxygens (including phenoxy) is 1. The van der Waals surface area contributed by atoms with Gasteiger partial charge in [-0.1, -0.05) is 11.5 Å². The molecule has 0 atom stereocenters. The number of piperidine rings is 1. The molecule has 1 aromatic carbocycles. The van der Waals surface area contributed by atoms with Crippen LogP contribution in [0.25, 0.3) is 0 Å². The average molecular weight is 245 g/mol. The van der Waals surface area contributed by atoms with Gasteiger partial charge in [-0.2, -0.15) is 0 Å². The zero-order valence-electron chi connectivity index (χ0n) is 10.4. The van der Waals surface area contributed by atoms with Gasteiger partial charge < -0.3 is 14.7 Å². The van der Waals surface area contributed by atoms with Gasteiger partial charge in [-0.15, -0.1) is 0 Å². The fourth-order valence-electron chi connectivity index (χ4n) is 2.10. The first-order valence-electron chi connectivity index (χ1n) is 6.02. The minimum atomic E-state index is -0.282. The van der Waals surface area contributed by atoms with E-state index < -0.39 is 0 Å². The molecule has 0 spiro atoms. The Morgan fingerprint density at radius 2 is 2.11 bits per heavy atom. The molecule has 0 aromatic heterocycles. The molecule has 1 amide bonds. The smallest absolute Gasteiger partial charge is 0.253 e. The Kier molecular flexibility index (Phi) is 3.92. The molecule has 1 saturated heterocycles. The molecule has 0 bridgehead atoms. The molecule has 1 aliphatic heterocycles. The summed E-state index contributed by atoms with van der Waals surface area (Å²) in [6.45, 7) is 1.18. The molecule has 4 nitrogen and oxygen atoms in total. The summed E-state index contributed by atoms with van der Waals surface area (Å²) in [7, 11) is 7.24. The van der Waals surface area contributed by atoms with Gasteiger partial charge in [0.15, 0.2) is 0 Å². The molecule has 18 heavy (non-hydrogen) atoms.